The van der Waals surface area contributed by atoms with E-state index in [-0.39, 0.29) is 11.4 Å². The van der Waals surface area contributed by atoms with E-state index in [0.29, 0.717) is 5.92 Å². The third-order valence-electron chi connectivity index (χ3n) is 3.62. The zero-order valence-corrected chi connectivity index (χ0v) is 9.39. The van der Waals surface area contributed by atoms with Crippen molar-refractivity contribution in [2.24, 2.45) is 5.92 Å². The van der Waals surface area contributed by atoms with Crippen LogP contribution < -0.4 is 5.32 Å². The van der Waals surface area contributed by atoms with Crippen LogP contribution in [-0.4, -0.2) is 12.1 Å². The molecule has 0 bridgehead atoms. The second-order valence-corrected chi connectivity index (χ2v) is 4.76. The number of hydrogen-bond donors (Lipinski definition) is 1. The predicted molar refractivity (Wildman–Crippen MR) is 60.3 cm³/mol. The lowest BCUT2D eigenvalue weighted by Crippen LogP contribution is -2.61. The van der Waals surface area contributed by atoms with Gasteiger partial charge in [-0.1, -0.05) is 32.0 Å². The molecule has 1 aliphatic rings. The minimum atomic E-state index is -0.0776. The minimum absolute atomic E-state index is 0.0776. The fourth-order valence-electron chi connectivity index (χ4n) is 2.28. The van der Waals surface area contributed by atoms with Crippen molar-refractivity contribution in [3.8, 4) is 0 Å². The van der Waals surface area contributed by atoms with Crippen LogP contribution in [0.2, 0.25) is 0 Å². The van der Waals surface area contributed by atoms with Crippen LogP contribution >= 0.6 is 0 Å². The molecule has 1 N–H and O–H groups in total. The highest BCUT2D eigenvalue weighted by molar-refractivity contribution is 5.22. The van der Waals surface area contributed by atoms with Crippen molar-refractivity contribution in [2.75, 3.05) is 6.54 Å². The molecule has 82 valence electrons. The zero-order chi connectivity index (χ0) is 10.9. The van der Waals surface area contributed by atoms with Gasteiger partial charge in [0, 0.05) is 5.54 Å². The maximum absolute atomic E-state index is 13.5. The van der Waals surface area contributed by atoms with Crippen LogP contribution in [0.1, 0.15) is 25.8 Å². The molecule has 0 spiro atoms. The Kier molecular flexibility index (Phi) is 2.79. The Bertz CT molecular complexity index is 342. The van der Waals surface area contributed by atoms with E-state index < -0.39 is 0 Å². The average molecular weight is 207 g/mol. The molecular weight excluding hydrogens is 189 g/mol. The lowest BCUT2D eigenvalue weighted by Gasteiger charge is -2.47. The summed E-state index contributed by atoms with van der Waals surface area (Å²) in [7, 11) is 0. The summed E-state index contributed by atoms with van der Waals surface area (Å²) in [5, 5.41) is 3.47. The van der Waals surface area contributed by atoms with E-state index in [4.69, 9.17) is 0 Å². The Labute approximate surface area is 90.7 Å². The van der Waals surface area contributed by atoms with E-state index in [1.54, 1.807) is 12.1 Å². The Morgan fingerprint density at radius 1 is 1.40 bits per heavy atom. The molecule has 0 aliphatic carbocycles. The second kappa shape index (κ2) is 3.93. The standard InChI is InChI=1S/C13H18FN/c1-10(2)13(7-8-15-13)9-11-5-3-4-6-12(11)14/h3-6,10,15H,7-9H2,1-2H3. The molecule has 1 fully saturated rings. The average Bonchev–Trinajstić information content (AvgIpc) is 2.13. The van der Waals surface area contributed by atoms with E-state index in [0.717, 1.165) is 24.9 Å². The highest BCUT2D eigenvalue weighted by Gasteiger charge is 2.39. The lowest BCUT2D eigenvalue weighted by molar-refractivity contribution is 0.138. The Balaban J connectivity index is 2.17. The molecule has 1 aromatic carbocycles. The first-order valence-electron chi connectivity index (χ1n) is 5.62. The molecule has 1 nitrogen and oxygen atoms in total. The van der Waals surface area contributed by atoms with Crippen LogP contribution in [0.25, 0.3) is 0 Å². The van der Waals surface area contributed by atoms with Gasteiger partial charge in [0.2, 0.25) is 0 Å². The van der Waals surface area contributed by atoms with Gasteiger partial charge in [-0.2, -0.15) is 0 Å². The molecule has 0 radical (unpaired) electrons. The molecule has 1 unspecified atom stereocenters. The number of hydrogen-bond acceptors (Lipinski definition) is 1. The van der Waals surface area contributed by atoms with Crippen molar-refractivity contribution < 1.29 is 4.39 Å². The summed E-state index contributed by atoms with van der Waals surface area (Å²) < 4.78 is 13.5. The van der Waals surface area contributed by atoms with Gasteiger partial charge in [0.25, 0.3) is 0 Å². The topological polar surface area (TPSA) is 12.0 Å². The Hall–Kier alpha value is -0.890. The molecule has 1 saturated heterocycles. The van der Waals surface area contributed by atoms with Gasteiger partial charge in [-0.05, 0) is 36.9 Å². The summed E-state index contributed by atoms with van der Waals surface area (Å²) in [6.07, 6.45) is 1.95. The number of halogens is 1. The maximum Gasteiger partial charge on any atom is 0.126 e. The van der Waals surface area contributed by atoms with Crippen molar-refractivity contribution in [1.82, 2.24) is 5.32 Å². The fourth-order valence-corrected chi connectivity index (χ4v) is 2.28. The lowest BCUT2D eigenvalue weighted by atomic mass is 9.73. The zero-order valence-electron chi connectivity index (χ0n) is 9.39. The summed E-state index contributed by atoms with van der Waals surface area (Å²) in [5.74, 6) is 0.470. The van der Waals surface area contributed by atoms with Gasteiger partial charge in [-0.3, -0.25) is 0 Å². The predicted octanol–water partition coefficient (Wildman–Crippen LogP) is 2.76. The third kappa shape index (κ3) is 1.91. The van der Waals surface area contributed by atoms with Crippen molar-refractivity contribution in [3.05, 3.63) is 35.6 Å². The van der Waals surface area contributed by atoms with Crippen LogP contribution in [0, 0.1) is 11.7 Å². The molecule has 2 heteroatoms. The summed E-state index contributed by atoms with van der Waals surface area (Å²) >= 11 is 0. The van der Waals surface area contributed by atoms with Crippen LogP contribution in [-0.2, 0) is 6.42 Å². The highest BCUT2D eigenvalue weighted by Crippen LogP contribution is 2.32. The van der Waals surface area contributed by atoms with Crippen LogP contribution in [0.5, 0.6) is 0 Å². The summed E-state index contributed by atoms with van der Waals surface area (Å²) in [4.78, 5) is 0. The van der Waals surface area contributed by atoms with Crippen molar-refractivity contribution in [1.29, 1.82) is 0 Å². The monoisotopic (exact) mass is 207 g/mol. The summed E-state index contributed by atoms with van der Waals surface area (Å²) in [6, 6.07) is 7.08. The van der Waals surface area contributed by atoms with Crippen molar-refractivity contribution in [3.63, 3.8) is 0 Å². The molecule has 0 aromatic heterocycles. The minimum Gasteiger partial charge on any atom is -0.311 e. The largest absolute Gasteiger partial charge is 0.311 e. The van der Waals surface area contributed by atoms with Gasteiger partial charge in [-0.25, -0.2) is 4.39 Å². The molecule has 1 aromatic rings. The maximum atomic E-state index is 13.5. The van der Waals surface area contributed by atoms with E-state index in [1.807, 2.05) is 12.1 Å². The number of rotatable bonds is 3. The van der Waals surface area contributed by atoms with E-state index in [1.165, 1.54) is 0 Å². The van der Waals surface area contributed by atoms with Crippen LogP contribution in [0.4, 0.5) is 4.39 Å². The first-order valence-corrected chi connectivity index (χ1v) is 5.62. The van der Waals surface area contributed by atoms with E-state index >= 15 is 0 Å². The molecule has 1 aliphatic heterocycles. The molecule has 15 heavy (non-hydrogen) atoms. The van der Waals surface area contributed by atoms with Crippen molar-refractivity contribution >= 4 is 0 Å². The van der Waals surface area contributed by atoms with Crippen molar-refractivity contribution in [2.45, 2.75) is 32.2 Å². The molecule has 1 heterocycles. The first kappa shape index (κ1) is 10.6. The highest BCUT2D eigenvalue weighted by atomic mass is 19.1. The first-order chi connectivity index (χ1) is 7.14. The third-order valence-corrected chi connectivity index (χ3v) is 3.62. The van der Waals surface area contributed by atoms with Crippen LogP contribution in [0.15, 0.2) is 24.3 Å². The van der Waals surface area contributed by atoms with Gasteiger partial charge in [-0.15, -0.1) is 0 Å². The summed E-state index contributed by atoms with van der Waals surface area (Å²) in [5.41, 5.74) is 0.959. The van der Waals surface area contributed by atoms with Crippen LogP contribution in [0.3, 0.4) is 0 Å². The number of nitrogens with one attached hydrogen (secondary N) is 1. The Morgan fingerprint density at radius 3 is 2.53 bits per heavy atom. The normalized spacial score (nSPS) is 25.3. The fraction of sp³-hybridized carbons (Fsp3) is 0.538. The molecule has 2 rings (SSSR count). The van der Waals surface area contributed by atoms with E-state index in [9.17, 15) is 4.39 Å². The van der Waals surface area contributed by atoms with Gasteiger partial charge in [0.05, 0.1) is 0 Å². The Morgan fingerprint density at radius 2 is 2.07 bits per heavy atom. The van der Waals surface area contributed by atoms with E-state index in [2.05, 4.69) is 19.2 Å². The van der Waals surface area contributed by atoms with Gasteiger partial charge < -0.3 is 5.32 Å². The van der Waals surface area contributed by atoms with Gasteiger partial charge in [0.1, 0.15) is 5.82 Å². The molecule has 0 amide bonds. The smallest absolute Gasteiger partial charge is 0.126 e. The second-order valence-electron chi connectivity index (χ2n) is 4.76. The molecule has 1 atom stereocenters. The quantitative estimate of drug-likeness (QED) is 0.803. The SMILES string of the molecule is CC(C)C1(Cc2ccccc2F)CCN1. The van der Waals surface area contributed by atoms with Gasteiger partial charge >= 0.3 is 0 Å². The molecular formula is C13H18FN. The molecule has 0 saturated carbocycles. The number of benzene rings is 1. The van der Waals surface area contributed by atoms with Gasteiger partial charge in [0.15, 0.2) is 0 Å². The summed E-state index contributed by atoms with van der Waals surface area (Å²) in [6.45, 7) is 5.46.